The SMILES string of the molecule is O=C(CSCc1ccccc1)N1CCC(n2cnc3ccccc32)C1. The molecule has 1 saturated heterocycles. The molecular formula is C20H21N3OS. The van der Waals surface area contributed by atoms with Gasteiger partial charge in [-0.1, -0.05) is 42.5 Å². The molecule has 1 atom stereocenters. The second kappa shape index (κ2) is 7.31. The van der Waals surface area contributed by atoms with Crippen LogP contribution in [0, 0.1) is 0 Å². The van der Waals surface area contributed by atoms with Crippen molar-refractivity contribution in [3.63, 3.8) is 0 Å². The summed E-state index contributed by atoms with van der Waals surface area (Å²) < 4.78 is 2.22. The third-order valence-corrected chi connectivity index (χ3v) is 5.72. The van der Waals surface area contributed by atoms with Crippen molar-refractivity contribution in [1.29, 1.82) is 0 Å². The van der Waals surface area contributed by atoms with Gasteiger partial charge in [0.15, 0.2) is 0 Å². The third-order valence-electron chi connectivity index (χ3n) is 4.73. The minimum absolute atomic E-state index is 0.243. The van der Waals surface area contributed by atoms with Gasteiger partial charge in [-0.2, -0.15) is 0 Å². The molecule has 1 fully saturated rings. The van der Waals surface area contributed by atoms with E-state index < -0.39 is 0 Å². The smallest absolute Gasteiger partial charge is 0.232 e. The summed E-state index contributed by atoms with van der Waals surface area (Å²) in [4.78, 5) is 19.0. The summed E-state index contributed by atoms with van der Waals surface area (Å²) in [5.41, 5.74) is 3.44. The summed E-state index contributed by atoms with van der Waals surface area (Å²) in [6.45, 7) is 1.62. The fourth-order valence-corrected chi connectivity index (χ4v) is 4.27. The van der Waals surface area contributed by atoms with Gasteiger partial charge >= 0.3 is 0 Å². The monoisotopic (exact) mass is 351 g/mol. The van der Waals surface area contributed by atoms with Gasteiger partial charge in [0.25, 0.3) is 0 Å². The van der Waals surface area contributed by atoms with Gasteiger partial charge in [-0.25, -0.2) is 4.98 Å². The first-order valence-electron chi connectivity index (χ1n) is 8.62. The molecular weight excluding hydrogens is 330 g/mol. The molecule has 0 aliphatic carbocycles. The highest BCUT2D eigenvalue weighted by molar-refractivity contribution is 7.99. The highest BCUT2D eigenvalue weighted by atomic mass is 32.2. The van der Waals surface area contributed by atoms with E-state index in [-0.39, 0.29) is 5.91 Å². The number of carbonyl (C=O) groups excluding carboxylic acids is 1. The molecule has 0 N–H and O–H groups in total. The normalized spacial score (nSPS) is 17.3. The van der Waals surface area contributed by atoms with Crippen LogP contribution in [0.4, 0.5) is 0 Å². The number of aromatic nitrogens is 2. The molecule has 2 heterocycles. The van der Waals surface area contributed by atoms with Crippen LogP contribution < -0.4 is 0 Å². The number of hydrogen-bond acceptors (Lipinski definition) is 3. The molecule has 1 unspecified atom stereocenters. The van der Waals surface area contributed by atoms with Crippen LogP contribution in [0.5, 0.6) is 0 Å². The Bertz CT molecular complexity index is 862. The molecule has 0 spiro atoms. The molecule has 1 aliphatic rings. The van der Waals surface area contributed by atoms with E-state index in [1.54, 1.807) is 11.8 Å². The Morgan fingerprint density at radius 1 is 1.12 bits per heavy atom. The zero-order chi connectivity index (χ0) is 17.1. The van der Waals surface area contributed by atoms with Gasteiger partial charge < -0.3 is 9.47 Å². The number of likely N-dealkylation sites (tertiary alicyclic amines) is 1. The fraction of sp³-hybridized carbons (Fsp3) is 0.300. The predicted octanol–water partition coefficient (Wildman–Crippen LogP) is 3.74. The van der Waals surface area contributed by atoms with E-state index in [4.69, 9.17) is 0 Å². The van der Waals surface area contributed by atoms with Gasteiger partial charge in [0.2, 0.25) is 5.91 Å². The molecule has 5 heteroatoms. The Morgan fingerprint density at radius 3 is 2.80 bits per heavy atom. The number of benzene rings is 2. The van der Waals surface area contributed by atoms with Crippen LogP contribution >= 0.6 is 11.8 Å². The standard InChI is InChI=1S/C20H21N3OS/c24-20(14-25-13-16-6-2-1-3-7-16)22-11-10-17(12-22)23-15-21-18-8-4-5-9-19(18)23/h1-9,15,17H,10-14H2. The minimum Gasteiger partial charge on any atom is -0.340 e. The summed E-state index contributed by atoms with van der Waals surface area (Å²) >= 11 is 1.69. The van der Waals surface area contributed by atoms with Crippen LogP contribution in [0.2, 0.25) is 0 Å². The van der Waals surface area contributed by atoms with Gasteiger partial charge in [-0.3, -0.25) is 4.79 Å². The number of thioether (sulfide) groups is 1. The van der Waals surface area contributed by atoms with Crippen molar-refractivity contribution >= 4 is 28.7 Å². The summed E-state index contributed by atoms with van der Waals surface area (Å²) in [6.07, 6.45) is 2.91. The lowest BCUT2D eigenvalue weighted by atomic mass is 10.2. The number of amides is 1. The lowest BCUT2D eigenvalue weighted by Crippen LogP contribution is -2.30. The van der Waals surface area contributed by atoms with Gasteiger partial charge in [0.05, 0.1) is 29.2 Å². The second-order valence-electron chi connectivity index (χ2n) is 6.40. The van der Waals surface area contributed by atoms with Crippen molar-refractivity contribution in [3.8, 4) is 0 Å². The van der Waals surface area contributed by atoms with E-state index in [9.17, 15) is 4.79 Å². The first-order chi connectivity index (χ1) is 12.3. The molecule has 4 nitrogen and oxygen atoms in total. The molecule has 2 aromatic carbocycles. The molecule has 0 bridgehead atoms. The number of carbonyl (C=O) groups is 1. The van der Waals surface area contributed by atoms with Gasteiger partial charge in [-0.15, -0.1) is 11.8 Å². The highest BCUT2D eigenvalue weighted by Crippen LogP contribution is 2.26. The maximum absolute atomic E-state index is 12.5. The maximum atomic E-state index is 12.5. The Kier molecular flexibility index (Phi) is 4.74. The van der Waals surface area contributed by atoms with Crippen LogP contribution in [0.15, 0.2) is 60.9 Å². The summed E-state index contributed by atoms with van der Waals surface area (Å²) in [6, 6.07) is 18.8. The van der Waals surface area contributed by atoms with E-state index in [2.05, 4.69) is 27.8 Å². The van der Waals surface area contributed by atoms with Crippen LogP contribution in [0.1, 0.15) is 18.0 Å². The molecule has 25 heavy (non-hydrogen) atoms. The third kappa shape index (κ3) is 3.56. The number of para-hydroxylation sites is 2. The van der Waals surface area contributed by atoms with Crippen LogP contribution in [0.25, 0.3) is 11.0 Å². The van der Waals surface area contributed by atoms with Crippen LogP contribution in [0.3, 0.4) is 0 Å². The molecule has 3 aromatic rings. The largest absolute Gasteiger partial charge is 0.340 e. The first kappa shape index (κ1) is 16.2. The minimum atomic E-state index is 0.243. The summed E-state index contributed by atoms with van der Waals surface area (Å²) in [5, 5.41) is 0. The lowest BCUT2D eigenvalue weighted by Gasteiger charge is -2.17. The lowest BCUT2D eigenvalue weighted by molar-refractivity contribution is -0.127. The zero-order valence-electron chi connectivity index (χ0n) is 14.0. The average molecular weight is 351 g/mol. The van der Waals surface area contributed by atoms with Crippen molar-refractivity contribution in [3.05, 3.63) is 66.5 Å². The van der Waals surface area contributed by atoms with Crippen LogP contribution in [-0.2, 0) is 10.5 Å². The van der Waals surface area contributed by atoms with Crippen LogP contribution in [-0.4, -0.2) is 39.2 Å². The Hall–Kier alpha value is -2.27. The van der Waals surface area contributed by atoms with Gasteiger partial charge in [0.1, 0.15) is 0 Å². The highest BCUT2D eigenvalue weighted by Gasteiger charge is 2.27. The number of fused-ring (bicyclic) bond motifs is 1. The topological polar surface area (TPSA) is 38.1 Å². The first-order valence-corrected chi connectivity index (χ1v) is 9.78. The molecule has 1 aromatic heterocycles. The zero-order valence-corrected chi connectivity index (χ0v) is 14.9. The molecule has 4 rings (SSSR count). The molecule has 1 aliphatic heterocycles. The summed E-state index contributed by atoms with van der Waals surface area (Å²) in [7, 11) is 0. The fourth-order valence-electron chi connectivity index (χ4n) is 3.39. The van der Waals surface area contributed by atoms with Crippen molar-refractivity contribution < 1.29 is 4.79 Å². The van der Waals surface area contributed by atoms with Crippen molar-refractivity contribution in [2.24, 2.45) is 0 Å². The maximum Gasteiger partial charge on any atom is 0.232 e. The van der Waals surface area contributed by atoms with Gasteiger partial charge in [0, 0.05) is 18.8 Å². The number of hydrogen-bond donors (Lipinski definition) is 0. The summed E-state index contributed by atoms with van der Waals surface area (Å²) in [5.74, 6) is 1.68. The van der Waals surface area contributed by atoms with Gasteiger partial charge in [-0.05, 0) is 24.1 Å². The molecule has 128 valence electrons. The molecule has 1 amide bonds. The Labute approximate surface area is 151 Å². The average Bonchev–Trinajstić information content (AvgIpc) is 3.29. The number of imidazole rings is 1. The second-order valence-corrected chi connectivity index (χ2v) is 7.39. The Morgan fingerprint density at radius 2 is 1.92 bits per heavy atom. The predicted molar refractivity (Wildman–Crippen MR) is 103 cm³/mol. The van der Waals surface area contributed by atoms with Crippen molar-refractivity contribution in [2.75, 3.05) is 18.8 Å². The molecule has 0 radical (unpaired) electrons. The number of nitrogens with zero attached hydrogens (tertiary/aromatic N) is 3. The van der Waals surface area contributed by atoms with E-state index in [0.717, 1.165) is 36.3 Å². The van der Waals surface area contributed by atoms with E-state index in [1.807, 2.05) is 47.6 Å². The number of rotatable bonds is 5. The van der Waals surface area contributed by atoms with E-state index in [1.165, 1.54) is 5.56 Å². The van der Waals surface area contributed by atoms with Crippen molar-refractivity contribution in [2.45, 2.75) is 18.2 Å². The van der Waals surface area contributed by atoms with E-state index >= 15 is 0 Å². The Balaban J connectivity index is 1.33. The molecule has 0 saturated carbocycles. The quantitative estimate of drug-likeness (QED) is 0.703. The van der Waals surface area contributed by atoms with E-state index in [0.29, 0.717) is 11.8 Å². The van der Waals surface area contributed by atoms with Crippen molar-refractivity contribution in [1.82, 2.24) is 14.5 Å².